The van der Waals surface area contributed by atoms with Crippen LogP contribution in [0.25, 0.3) is 0 Å². The van der Waals surface area contributed by atoms with E-state index in [0.29, 0.717) is 18.9 Å². The van der Waals surface area contributed by atoms with Crippen LogP contribution in [0.4, 0.5) is 17.2 Å². The molecule has 0 saturated carbocycles. The van der Waals surface area contributed by atoms with Gasteiger partial charge in [-0.2, -0.15) is 9.40 Å². The molecule has 1 saturated heterocycles. The summed E-state index contributed by atoms with van der Waals surface area (Å²) < 4.78 is 28.5. The zero-order valence-electron chi connectivity index (χ0n) is 14.7. The molecule has 0 bridgehead atoms. The van der Waals surface area contributed by atoms with Crippen molar-refractivity contribution in [3.63, 3.8) is 0 Å². The van der Waals surface area contributed by atoms with Crippen LogP contribution in [0.2, 0.25) is 0 Å². The Labute approximate surface area is 151 Å². The first-order valence-corrected chi connectivity index (χ1v) is 9.79. The molecule has 140 valence electrons. The molecular formula is C16H21N5O4S. The highest BCUT2D eigenvalue weighted by molar-refractivity contribution is 7.89. The second-order valence-corrected chi connectivity index (χ2v) is 8.26. The number of piperidine rings is 1. The largest absolute Gasteiger partial charge is 0.333 e. The lowest BCUT2D eigenvalue weighted by molar-refractivity contribution is -0.384. The number of anilines is 2. The molecule has 2 heterocycles. The molecule has 1 aromatic heterocycles. The van der Waals surface area contributed by atoms with Crippen molar-refractivity contribution in [3.8, 4) is 0 Å². The number of sulfonamides is 1. The van der Waals surface area contributed by atoms with Crippen LogP contribution < -0.4 is 5.32 Å². The van der Waals surface area contributed by atoms with Gasteiger partial charge in [0.15, 0.2) is 5.82 Å². The molecule has 0 radical (unpaired) electrons. The molecule has 9 nitrogen and oxygen atoms in total. The van der Waals surface area contributed by atoms with E-state index >= 15 is 0 Å². The third kappa shape index (κ3) is 3.56. The molecule has 1 aromatic carbocycles. The van der Waals surface area contributed by atoms with Crippen LogP contribution in [-0.4, -0.2) is 40.5 Å². The summed E-state index contributed by atoms with van der Waals surface area (Å²) in [5, 5.41) is 18.6. The Morgan fingerprint density at radius 1 is 1.19 bits per heavy atom. The Morgan fingerprint density at radius 3 is 2.46 bits per heavy atom. The smallest absolute Gasteiger partial charge is 0.294 e. The fourth-order valence-electron chi connectivity index (χ4n) is 2.94. The first-order valence-electron chi connectivity index (χ1n) is 8.35. The highest BCUT2D eigenvalue weighted by Crippen LogP contribution is 2.31. The van der Waals surface area contributed by atoms with Crippen LogP contribution in [0.5, 0.6) is 0 Å². The van der Waals surface area contributed by atoms with E-state index in [0.717, 1.165) is 31.0 Å². The lowest BCUT2D eigenvalue weighted by atomic mass is 10.2. The minimum Gasteiger partial charge on any atom is -0.333 e. The van der Waals surface area contributed by atoms with E-state index in [1.165, 1.54) is 16.4 Å². The summed E-state index contributed by atoms with van der Waals surface area (Å²) in [6, 6.07) is 5.68. The lowest BCUT2D eigenvalue weighted by Crippen LogP contribution is -2.35. The molecule has 0 spiro atoms. The Bertz CT molecular complexity index is 913. The summed E-state index contributed by atoms with van der Waals surface area (Å²) in [7, 11) is -1.96. The zero-order valence-corrected chi connectivity index (χ0v) is 15.5. The van der Waals surface area contributed by atoms with Gasteiger partial charge in [-0.05, 0) is 31.9 Å². The van der Waals surface area contributed by atoms with Crippen molar-refractivity contribution < 1.29 is 13.3 Å². The predicted octanol–water partition coefficient (Wildman–Crippen LogP) is 2.55. The maximum absolute atomic E-state index is 12.7. The highest BCUT2D eigenvalue weighted by Gasteiger charge is 2.28. The number of aromatic nitrogens is 2. The maximum Gasteiger partial charge on any atom is 0.294 e. The summed E-state index contributed by atoms with van der Waals surface area (Å²) >= 11 is 0. The van der Waals surface area contributed by atoms with E-state index in [1.54, 1.807) is 17.8 Å². The van der Waals surface area contributed by atoms with E-state index in [2.05, 4.69) is 10.4 Å². The third-order valence-corrected chi connectivity index (χ3v) is 6.39. The van der Waals surface area contributed by atoms with Gasteiger partial charge in [0.2, 0.25) is 10.0 Å². The summed E-state index contributed by atoms with van der Waals surface area (Å²) in [5.74, 6) is 0.458. The lowest BCUT2D eigenvalue weighted by Gasteiger charge is -2.25. The van der Waals surface area contributed by atoms with Crippen molar-refractivity contribution >= 4 is 27.2 Å². The first kappa shape index (κ1) is 18.3. The molecule has 0 unspecified atom stereocenters. The number of hydrogen-bond acceptors (Lipinski definition) is 6. The van der Waals surface area contributed by atoms with E-state index < -0.39 is 14.9 Å². The topological polar surface area (TPSA) is 110 Å². The average Bonchev–Trinajstić information content (AvgIpc) is 2.93. The van der Waals surface area contributed by atoms with E-state index in [1.807, 2.05) is 6.92 Å². The van der Waals surface area contributed by atoms with Crippen molar-refractivity contribution in [2.24, 2.45) is 7.05 Å². The van der Waals surface area contributed by atoms with Gasteiger partial charge >= 0.3 is 0 Å². The van der Waals surface area contributed by atoms with Crippen LogP contribution in [0.1, 0.15) is 25.0 Å². The Morgan fingerprint density at radius 2 is 1.88 bits per heavy atom. The SMILES string of the molecule is Cc1cc(Nc2ccc(S(=O)(=O)N3CCCCC3)cc2[N+](=O)[O-])nn1C. The molecule has 0 amide bonds. The maximum atomic E-state index is 12.7. The van der Waals surface area contributed by atoms with Crippen LogP contribution in [-0.2, 0) is 17.1 Å². The second kappa shape index (κ2) is 7.04. The van der Waals surface area contributed by atoms with Gasteiger partial charge in [0.1, 0.15) is 5.69 Å². The van der Waals surface area contributed by atoms with Crippen molar-refractivity contribution in [2.75, 3.05) is 18.4 Å². The van der Waals surface area contributed by atoms with Gasteiger partial charge in [0.05, 0.1) is 9.82 Å². The minimum atomic E-state index is -3.73. The van der Waals surface area contributed by atoms with Gasteiger partial charge < -0.3 is 5.32 Å². The predicted molar refractivity (Wildman–Crippen MR) is 96.9 cm³/mol. The minimum absolute atomic E-state index is 0.0612. The van der Waals surface area contributed by atoms with Crippen LogP contribution >= 0.6 is 0 Å². The van der Waals surface area contributed by atoms with Gasteiger partial charge in [-0.1, -0.05) is 6.42 Å². The van der Waals surface area contributed by atoms with Crippen molar-refractivity contribution in [3.05, 3.63) is 40.1 Å². The average molecular weight is 379 g/mol. The van der Waals surface area contributed by atoms with Crippen LogP contribution in [0, 0.1) is 17.0 Å². The number of nitro groups is 1. The fraction of sp³-hybridized carbons (Fsp3) is 0.438. The second-order valence-electron chi connectivity index (χ2n) is 6.32. The number of nitrogens with one attached hydrogen (secondary N) is 1. The molecule has 3 rings (SSSR count). The summed E-state index contributed by atoms with van der Waals surface area (Å²) in [4.78, 5) is 10.8. The Balaban J connectivity index is 1.95. The molecule has 2 aromatic rings. The molecular weight excluding hydrogens is 358 g/mol. The first-order chi connectivity index (χ1) is 12.3. The summed E-state index contributed by atoms with van der Waals surface area (Å²) in [6.45, 7) is 2.76. The quantitative estimate of drug-likeness (QED) is 0.631. The molecule has 10 heteroatoms. The van der Waals surface area contributed by atoms with Gasteiger partial charge in [0, 0.05) is 38.0 Å². The number of benzene rings is 1. The van der Waals surface area contributed by atoms with Crippen LogP contribution in [0.3, 0.4) is 0 Å². The van der Waals surface area contributed by atoms with E-state index in [9.17, 15) is 18.5 Å². The fourth-order valence-corrected chi connectivity index (χ4v) is 4.48. The molecule has 1 N–H and O–H groups in total. The zero-order chi connectivity index (χ0) is 18.9. The number of nitro benzene ring substituents is 1. The highest BCUT2D eigenvalue weighted by atomic mass is 32.2. The molecule has 0 aliphatic carbocycles. The molecule has 26 heavy (non-hydrogen) atoms. The van der Waals surface area contributed by atoms with Crippen molar-refractivity contribution in [1.82, 2.24) is 14.1 Å². The molecule has 1 aliphatic heterocycles. The van der Waals surface area contributed by atoms with Gasteiger partial charge in [-0.25, -0.2) is 8.42 Å². The number of aryl methyl sites for hydroxylation is 2. The summed E-state index contributed by atoms with van der Waals surface area (Å²) in [5.41, 5.74) is 0.788. The molecule has 0 atom stereocenters. The van der Waals surface area contributed by atoms with E-state index in [4.69, 9.17) is 0 Å². The number of hydrogen-bond donors (Lipinski definition) is 1. The number of nitrogens with zero attached hydrogens (tertiary/aromatic N) is 4. The van der Waals surface area contributed by atoms with Crippen molar-refractivity contribution in [1.29, 1.82) is 0 Å². The summed E-state index contributed by atoms with van der Waals surface area (Å²) in [6.07, 6.45) is 2.61. The van der Waals surface area contributed by atoms with Gasteiger partial charge in [0.25, 0.3) is 5.69 Å². The molecule has 1 fully saturated rings. The normalized spacial score (nSPS) is 15.8. The number of rotatable bonds is 5. The van der Waals surface area contributed by atoms with Crippen molar-refractivity contribution in [2.45, 2.75) is 31.1 Å². The monoisotopic (exact) mass is 379 g/mol. The standard InChI is InChI=1S/C16H21N5O4S/c1-12-10-16(18-19(12)2)17-14-7-6-13(11-15(14)21(22)23)26(24,25)20-8-4-3-5-9-20/h6-7,10-11H,3-5,8-9H2,1-2H3,(H,17,18). The third-order valence-electron chi connectivity index (χ3n) is 4.50. The van der Waals surface area contributed by atoms with Gasteiger partial charge in [-0.15, -0.1) is 0 Å². The Kier molecular flexibility index (Phi) is 4.97. The van der Waals surface area contributed by atoms with Crippen LogP contribution in [0.15, 0.2) is 29.2 Å². The van der Waals surface area contributed by atoms with Gasteiger partial charge in [-0.3, -0.25) is 14.8 Å². The van der Waals surface area contributed by atoms with E-state index in [-0.39, 0.29) is 16.3 Å². The Hall–Kier alpha value is -2.46. The molecule has 1 aliphatic rings.